The molecule has 1 fully saturated rings. The summed E-state index contributed by atoms with van der Waals surface area (Å²) in [5.74, 6) is 0.571. The molecule has 0 spiro atoms. The topological polar surface area (TPSA) is 51.8 Å². The molecule has 1 aromatic heterocycles. The molecule has 0 unspecified atom stereocenters. The summed E-state index contributed by atoms with van der Waals surface area (Å²) in [6.07, 6.45) is -2.46. The summed E-state index contributed by atoms with van der Waals surface area (Å²) in [7, 11) is 0. The molecule has 1 aliphatic carbocycles. The average Bonchev–Trinajstić information content (AvgIpc) is 3.25. The number of alkyl halides is 3. The molecular formula is C14H11F3IN3. The number of nitrogens with two attached hydrogens (primary N) is 1. The lowest BCUT2D eigenvalue weighted by Gasteiger charge is -2.13. The molecule has 7 heteroatoms. The van der Waals surface area contributed by atoms with Crippen LogP contribution >= 0.6 is 22.6 Å². The summed E-state index contributed by atoms with van der Waals surface area (Å²) in [5, 5.41) is 0. The number of anilines is 1. The SMILES string of the molecule is Nc1nc(-c2ccccc2C(F)(F)F)nc(C2CC2)c1I. The number of hydrogen-bond acceptors (Lipinski definition) is 3. The van der Waals surface area contributed by atoms with Crippen molar-refractivity contribution in [2.24, 2.45) is 0 Å². The van der Waals surface area contributed by atoms with Gasteiger partial charge in [-0.2, -0.15) is 13.2 Å². The van der Waals surface area contributed by atoms with Crippen LogP contribution in [0.3, 0.4) is 0 Å². The van der Waals surface area contributed by atoms with Crippen molar-refractivity contribution in [2.45, 2.75) is 24.9 Å². The van der Waals surface area contributed by atoms with Crippen LogP contribution in [0.15, 0.2) is 24.3 Å². The van der Waals surface area contributed by atoms with Crippen molar-refractivity contribution in [1.82, 2.24) is 9.97 Å². The highest BCUT2D eigenvalue weighted by atomic mass is 127. The van der Waals surface area contributed by atoms with Crippen LogP contribution in [0, 0.1) is 3.57 Å². The Labute approximate surface area is 132 Å². The van der Waals surface area contributed by atoms with Crippen molar-refractivity contribution in [1.29, 1.82) is 0 Å². The van der Waals surface area contributed by atoms with Gasteiger partial charge in [-0.05, 0) is 41.5 Å². The lowest BCUT2D eigenvalue weighted by molar-refractivity contribution is -0.137. The minimum atomic E-state index is -4.45. The molecule has 0 amide bonds. The molecule has 2 aromatic rings. The number of benzene rings is 1. The third kappa shape index (κ3) is 2.83. The zero-order valence-corrected chi connectivity index (χ0v) is 12.9. The van der Waals surface area contributed by atoms with Crippen LogP contribution in [0.2, 0.25) is 0 Å². The van der Waals surface area contributed by atoms with Gasteiger partial charge in [-0.25, -0.2) is 9.97 Å². The Kier molecular flexibility index (Phi) is 3.54. The fraction of sp³-hybridized carbons (Fsp3) is 0.286. The van der Waals surface area contributed by atoms with Crippen LogP contribution in [0.4, 0.5) is 19.0 Å². The van der Waals surface area contributed by atoms with E-state index in [4.69, 9.17) is 5.73 Å². The second-order valence-corrected chi connectivity index (χ2v) is 6.03. The molecule has 1 heterocycles. The van der Waals surface area contributed by atoms with Gasteiger partial charge >= 0.3 is 6.18 Å². The molecule has 3 nitrogen and oxygen atoms in total. The summed E-state index contributed by atoms with van der Waals surface area (Å²) in [6.45, 7) is 0. The van der Waals surface area contributed by atoms with Gasteiger partial charge in [0.05, 0.1) is 14.8 Å². The zero-order chi connectivity index (χ0) is 15.2. The van der Waals surface area contributed by atoms with Crippen LogP contribution in [0.5, 0.6) is 0 Å². The minimum absolute atomic E-state index is 0.0324. The second kappa shape index (κ2) is 5.11. The molecule has 21 heavy (non-hydrogen) atoms. The first kappa shape index (κ1) is 14.6. The predicted molar refractivity (Wildman–Crippen MR) is 81.6 cm³/mol. The normalized spacial score (nSPS) is 15.2. The largest absolute Gasteiger partial charge is 0.417 e. The van der Waals surface area contributed by atoms with Crippen molar-refractivity contribution in [2.75, 3.05) is 5.73 Å². The Morgan fingerprint density at radius 1 is 1.14 bits per heavy atom. The van der Waals surface area contributed by atoms with Gasteiger partial charge in [-0.15, -0.1) is 0 Å². The van der Waals surface area contributed by atoms with Gasteiger partial charge in [0.25, 0.3) is 0 Å². The van der Waals surface area contributed by atoms with Crippen LogP contribution in [-0.4, -0.2) is 9.97 Å². The highest BCUT2D eigenvalue weighted by molar-refractivity contribution is 14.1. The van der Waals surface area contributed by atoms with Crippen LogP contribution < -0.4 is 5.73 Å². The number of nitrogen functional groups attached to an aromatic ring is 1. The first-order valence-corrected chi connectivity index (χ1v) is 7.45. The molecule has 1 aromatic carbocycles. The van der Waals surface area contributed by atoms with Crippen LogP contribution in [0.25, 0.3) is 11.4 Å². The Morgan fingerprint density at radius 2 is 1.81 bits per heavy atom. The average molecular weight is 405 g/mol. The minimum Gasteiger partial charge on any atom is -0.383 e. The number of halogens is 4. The van der Waals surface area contributed by atoms with E-state index in [9.17, 15) is 13.2 Å². The predicted octanol–water partition coefficient (Wildman–Crippen LogP) is 4.23. The van der Waals surface area contributed by atoms with E-state index < -0.39 is 11.7 Å². The summed E-state index contributed by atoms with van der Waals surface area (Å²) in [5.41, 5.74) is 5.83. The second-order valence-electron chi connectivity index (χ2n) is 4.95. The lowest BCUT2D eigenvalue weighted by atomic mass is 10.1. The van der Waals surface area contributed by atoms with Gasteiger partial charge in [-0.3, -0.25) is 0 Å². The Balaban J connectivity index is 2.18. The van der Waals surface area contributed by atoms with E-state index in [1.54, 1.807) is 6.07 Å². The van der Waals surface area contributed by atoms with Crippen molar-refractivity contribution < 1.29 is 13.2 Å². The van der Waals surface area contributed by atoms with E-state index >= 15 is 0 Å². The molecule has 3 rings (SSSR count). The first-order valence-electron chi connectivity index (χ1n) is 6.37. The molecule has 0 saturated heterocycles. The third-order valence-corrected chi connectivity index (χ3v) is 4.45. The van der Waals surface area contributed by atoms with E-state index in [2.05, 4.69) is 9.97 Å². The quantitative estimate of drug-likeness (QED) is 0.762. The molecular weight excluding hydrogens is 394 g/mol. The Bertz CT molecular complexity index is 696. The van der Waals surface area contributed by atoms with E-state index in [0.29, 0.717) is 5.92 Å². The van der Waals surface area contributed by atoms with E-state index in [0.717, 1.165) is 28.2 Å². The summed E-state index contributed by atoms with van der Waals surface area (Å²) < 4.78 is 40.0. The number of aromatic nitrogens is 2. The molecule has 0 atom stereocenters. The molecule has 0 bridgehead atoms. The van der Waals surface area contributed by atoms with Gasteiger partial charge in [0.2, 0.25) is 0 Å². The van der Waals surface area contributed by atoms with Gasteiger partial charge in [0, 0.05) is 11.5 Å². The summed E-state index contributed by atoms with van der Waals surface area (Å²) in [6, 6.07) is 5.30. The first-order chi connectivity index (χ1) is 9.88. The van der Waals surface area contributed by atoms with E-state index in [1.807, 2.05) is 22.6 Å². The van der Waals surface area contributed by atoms with Crippen molar-refractivity contribution in [3.63, 3.8) is 0 Å². The van der Waals surface area contributed by atoms with Gasteiger partial charge in [0.15, 0.2) is 5.82 Å². The third-order valence-electron chi connectivity index (χ3n) is 3.34. The Hall–Kier alpha value is -1.38. The number of rotatable bonds is 2. The number of hydrogen-bond donors (Lipinski definition) is 1. The van der Waals surface area contributed by atoms with Gasteiger partial charge in [-0.1, -0.05) is 18.2 Å². The smallest absolute Gasteiger partial charge is 0.383 e. The highest BCUT2D eigenvalue weighted by Crippen LogP contribution is 2.43. The van der Waals surface area contributed by atoms with E-state index in [-0.39, 0.29) is 17.2 Å². The molecule has 1 saturated carbocycles. The summed E-state index contributed by atoms with van der Waals surface area (Å²) >= 11 is 2.05. The van der Waals surface area contributed by atoms with E-state index in [1.165, 1.54) is 12.1 Å². The molecule has 110 valence electrons. The molecule has 1 aliphatic rings. The zero-order valence-electron chi connectivity index (χ0n) is 10.8. The number of nitrogens with zero attached hydrogens (tertiary/aromatic N) is 2. The van der Waals surface area contributed by atoms with Gasteiger partial charge in [0.1, 0.15) is 5.82 Å². The fourth-order valence-electron chi connectivity index (χ4n) is 2.16. The molecule has 2 N–H and O–H groups in total. The Morgan fingerprint density at radius 3 is 2.43 bits per heavy atom. The van der Waals surface area contributed by atoms with Crippen molar-refractivity contribution >= 4 is 28.4 Å². The van der Waals surface area contributed by atoms with Crippen molar-refractivity contribution in [3.8, 4) is 11.4 Å². The van der Waals surface area contributed by atoms with Crippen LogP contribution in [0.1, 0.15) is 30.0 Å². The van der Waals surface area contributed by atoms with Crippen molar-refractivity contribution in [3.05, 3.63) is 39.1 Å². The highest BCUT2D eigenvalue weighted by Gasteiger charge is 2.35. The standard InChI is InChI=1S/C14H11F3IN3/c15-14(16,17)9-4-2-1-3-8(9)13-20-11(7-5-6-7)10(18)12(19)21-13/h1-4,7H,5-6H2,(H2,19,20,21). The fourth-order valence-corrected chi connectivity index (χ4v) is 2.84. The molecule has 0 radical (unpaired) electrons. The maximum Gasteiger partial charge on any atom is 0.417 e. The lowest BCUT2D eigenvalue weighted by Crippen LogP contribution is -2.10. The van der Waals surface area contributed by atoms with Gasteiger partial charge < -0.3 is 5.73 Å². The maximum absolute atomic E-state index is 13.1. The monoisotopic (exact) mass is 405 g/mol. The summed E-state index contributed by atoms with van der Waals surface area (Å²) in [4.78, 5) is 8.39. The van der Waals surface area contributed by atoms with Crippen LogP contribution in [-0.2, 0) is 6.18 Å². The maximum atomic E-state index is 13.1. The molecule has 0 aliphatic heterocycles.